The minimum atomic E-state index is -0.467. The molecule has 2 aromatic rings. The van der Waals surface area contributed by atoms with Crippen LogP contribution in [0.25, 0.3) is 10.9 Å². The summed E-state index contributed by atoms with van der Waals surface area (Å²) in [6.45, 7) is 12.1. The highest BCUT2D eigenvalue weighted by atomic mass is 16.5. The van der Waals surface area contributed by atoms with Gasteiger partial charge in [-0.3, -0.25) is 19.6 Å². The van der Waals surface area contributed by atoms with E-state index in [1.165, 1.54) is 0 Å². The quantitative estimate of drug-likeness (QED) is 0.685. The van der Waals surface area contributed by atoms with Crippen LogP contribution < -0.4 is 5.32 Å². The Balaban J connectivity index is 1.37. The van der Waals surface area contributed by atoms with Gasteiger partial charge in [-0.05, 0) is 39.0 Å². The van der Waals surface area contributed by atoms with Gasteiger partial charge in [0, 0.05) is 63.0 Å². The summed E-state index contributed by atoms with van der Waals surface area (Å²) in [5, 5.41) is 14.1. The topological polar surface area (TPSA) is 77.9 Å². The molecule has 1 amide bonds. The summed E-state index contributed by atoms with van der Waals surface area (Å²) in [4.78, 5) is 21.5. The molecule has 1 fully saturated rings. The van der Waals surface area contributed by atoms with Crippen LogP contribution in [0.2, 0.25) is 0 Å². The van der Waals surface area contributed by atoms with E-state index in [-0.39, 0.29) is 11.5 Å². The average Bonchev–Trinajstić information content (AvgIpc) is 2.72. The Hall–Kier alpha value is -2.06. The SMILES string of the molecule is CC(C)(C)OCC(O)CN1CCN(CCNC(=O)c2cccc3ncccc23)CC1. The van der Waals surface area contributed by atoms with Crippen molar-refractivity contribution >= 4 is 16.8 Å². The normalized spacial score (nSPS) is 17.2. The van der Waals surface area contributed by atoms with E-state index >= 15 is 0 Å². The third-order valence-electron chi connectivity index (χ3n) is 5.25. The number of β-amino-alcohol motifs (C(OH)–C–C–N with tert-alkyl or cyclic N) is 1. The van der Waals surface area contributed by atoms with Gasteiger partial charge in [0.25, 0.3) is 5.91 Å². The van der Waals surface area contributed by atoms with Crippen molar-refractivity contribution in [3.63, 3.8) is 0 Å². The van der Waals surface area contributed by atoms with Crippen LogP contribution in [0.15, 0.2) is 36.5 Å². The van der Waals surface area contributed by atoms with Crippen molar-refractivity contribution in [1.29, 1.82) is 0 Å². The first-order valence-corrected chi connectivity index (χ1v) is 10.7. The van der Waals surface area contributed by atoms with Crippen LogP contribution in [-0.4, -0.2) is 89.9 Å². The first-order valence-electron chi connectivity index (χ1n) is 10.7. The van der Waals surface area contributed by atoms with E-state index in [2.05, 4.69) is 20.1 Å². The number of fused-ring (bicyclic) bond motifs is 1. The van der Waals surface area contributed by atoms with Crippen molar-refractivity contribution in [2.75, 3.05) is 52.4 Å². The van der Waals surface area contributed by atoms with Gasteiger partial charge in [0.2, 0.25) is 0 Å². The fourth-order valence-electron chi connectivity index (χ4n) is 3.62. The number of carbonyl (C=O) groups excluding carboxylic acids is 1. The fourth-order valence-corrected chi connectivity index (χ4v) is 3.62. The number of nitrogens with one attached hydrogen (secondary N) is 1. The zero-order chi connectivity index (χ0) is 21.6. The molecule has 1 aromatic heterocycles. The molecule has 0 bridgehead atoms. The number of rotatable bonds is 8. The van der Waals surface area contributed by atoms with Gasteiger partial charge in [0.1, 0.15) is 0 Å². The van der Waals surface area contributed by atoms with Crippen LogP contribution in [-0.2, 0) is 4.74 Å². The fraction of sp³-hybridized carbons (Fsp3) is 0.565. The maximum absolute atomic E-state index is 12.6. The van der Waals surface area contributed by atoms with Gasteiger partial charge in [0.05, 0.1) is 23.8 Å². The van der Waals surface area contributed by atoms with E-state index in [4.69, 9.17) is 4.74 Å². The lowest BCUT2D eigenvalue weighted by Crippen LogP contribution is -2.50. The number of aliphatic hydroxyl groups excluding tert-OH is 1. The molecule has 2 heterocycles. The number of nitrogens with zero attached hydrogens (tertiary/aromatic N) is 3. The summed E-state index contributed by atoms with van der Waals surface area (Å²) in [6, 6.07) is 9.40. The minimum Gasteiger partial charge on any atom is -0.389 e. The molecule has 2 N–H and O–H groups in total. The number of piperazine rings is 1. The highest BCUT2D eigenvalue weighted by molar-refractivity contribution is 6.06. The monoisotopic (exact) mass is 414 g/mol. The molecule has 7 heteroatoms. The average molecular weight is 415 g/mol. The molecule has 1 unspecified atom stereocenters. The number of amides is 1. The van der Waals surface area contributed by atoms with Gasteiger partial charge in [-0.25, -0.2) is 0 Å². The number of carbonyl (C=O) groups is 1. The summed E-state index contributed by atoms with van der Waals surface area (Å²) in [5.74, 6) is -0.0609. The summed E-state index contributed by atoms with van der Waals surface area (Å²) in [7, 11) is 0. The third-order valence-corrected chi connectivity index (χ3v) is 5.25. The van der Waals surface area contributed by atoms with E-state index in [1.807, 2.05) is 51.1 Å². The lowest BCUT2D eigenvalue weighted by Gasteiger charge is -2.35. The Morgan fingerprint density at radius 2 is 1.90 bits per heavy atom. The molecule has 3 rings (SSSR count). The molecule has 1 saturated heterocycles. The van der Waals surface area contributed by atoms with Gasteiger partial charge in [-0.1, -0.05) is 12.1 Å². The first-order chi connectivity index (χ1) is 14.3. The molecule has 1 aromatic carbocycles. The Morgan fingerprint density at radius 1 is 1.17 bits per heavy atom. The molecular weight excluding hydrogens is 380 g/mol. The lowest BCUT2D eigenvalue weighted by molar-refractivity contribution is -0.0585. The predicted octanol–water partition coefficient (Wildman–Crippen LogP) is 1.76. The number of aromatic nitrogens is 1. The van der Waals surface area contributed by atoms with Crippen LogP contribution in [0.5, 0.6) is 0 Å². The number of hydrogen-bond donors (Lipinski definition) is 2. The molecule has 0 spiro atoms. The van der Waals surface area contributed by atoms with Gasteiger partial charge in [-0.2, -0.15) is 0 Å². The maximum Gasteiger partial charge on any atom is 0.252 e. The Kier molecular flexibility index (Phi) is 7.77. The molecule has 0 saturated carbocycles. The molecule has 0 radical (unpaired) electrons. The molecule has 1 aliphatic heterocycles. The van der Waals surface area contributed by atoms with E-state index < -0.39 is 6.10 Å². The van der Waals surface area contributed by atoms with Crippen molar-refractivity contribution in [1.82, 2.24) is 20.1 Å². The van der Waals surface area contributed by atoms with Gasteiger partial charge < -0.3 is 15.2 Å². The summed E-state index contributed by atoms with van der Waals surface area (Å²) in [5.41, 5.74) is 1.26. The molecule has 1 aliphatic rings. The second-order valence-corrected chi connectivity index (χ2v) is 8.85. The molecule has 0 aliphatic carbocycles. The minimum absolute atomic E-state index is 0.0609. The van der Waals surface area contributed by atoms with Crippen molar-refractivity contribution in [3.05, 3.63) is 42.1 Å². The first kappa shape index (κ1) is 22.6. The van der Waals surface area contributed by atoms with Crippen LogP contribution in [0.4, 0.5) is 0 Å². The van der Waals surface area contributed by atoms with Crippen LogP contribution in [0.1, 0.15) is 31.1 Å². The van der Waals surface area contributed by atoms with Crippen molar-refractivity contribution in [2.45, 2.75) is 32.5 Å². The van der Waals surface area contributed by atoms with Gasteiger partial charge in [0.15, 0.2) is 0 Å². The van der Waals surface area contributed by atoms with Gasteiger partial charge in [-0.15, -0.1) is 0 Å². The highest BCUT2D eigenvalue weighted by Gasteiger charge is 2.21. The van der Waals surface area contributed by atoms with Crippen molar-refractivity contribution < 1.29 is 14.6 Å². The number of ether oxygens (including phenoxy) is 1. The molecular formula is C23H34N4O3. The van der Waals surface area contributed by atoms with Crippen molar-refractivity contribution in [2.24, 2.45) is 0 Å². The largest absolute Gasteiger partial charge is 0.389 e. The van der Waals surface area contributed by atoms with Crippen LogP contribution in [0.3, 0.4) is 0 Å². The predicted molar refractivity (Wildman–Crippen MR) is 119 cm³/mol. The second kappa shape index (κ2) is 10.3. The summed E-state index contributed by atoms with van der Waals surface area (Å²) >= 11 is 0. The smallest absolute Gasteiger partial charge is 0.252 e. The number of aliphatic hydroxyl groups is 1. The molecule has 30 heavy (non-hydrogen) atoms. The van der Waals surface area contributed by atoms with Crippen molar-refractivity contribution in [3.8, 4) is 0 Å². The zero-order valence-corrected chi connectivity index (χ0v) is 18.3. The zero-order valence-electron chi connectivity index (χ0n) is 18.3. The third kappa shape index (κ3) is 6.74. The summed E-state index contributed by atoms with van der Waals surface area (Å²) < 4.78 is 5.66. The van der Waals surface area contributed by atoms with Crippen LogP contribution in [0, 0.1) is 0 Å². The second-order valence-electron chi connectivity index (χ2n) is 8.85. The standard InChI is InChI=1S/C23H34N4O3/c1-23(2,3)30-17-18(28)16-27-14-12-26(13-15-27)11-10-25-22(29)20-6-4-8-21-19(20)7-5-9-24-21/h4-9,18,28H,10-17H2,1-3H3,(H,25,29). The number of benzene rings is 1. The highest BCUT2D eigenvalue weighted by Crippen LogP contribution is 2.16. The number of pyridine rings is 1. The van der Waals surface area contributed by atoms with Gasteiger partial charge >= 0.3 is 0 Å². The molecule has 164 valence electrons. The Morgan fingerprint density at radius 3 is 2.63 bits per heavy atom. The lowest BCUT2D eigenvalue weighted by atomic mass is 10.1. The molecule has 1 atom stereocenters. The van der Waals surface area contributed by atoms with E-state index in [9.17, 15) is 9.90 Å². The van der Waals surface area contributed by atoms with E-state index in [1.54, 1.807) is 6.20 Å². The maximum atomic E-state index is 12.6. The number of hydrogen-bond acceptors (Lipinski definition) is 6. The van der Waals surface area contributed by atoms with E-state index in [0.29, 0.717) is 25.3 Å². The Labute approximate surface area is 179 Å². The van der Waals surface area contributed by atoms with E-state index in [0.717, 1.165) is 43.6 Å². The molecule has 7 nitrogen and oxygen atoms in total. The van der Waals surface area contributed by atoms with Crippen LogP contribution >= 0.6 is 0 Å². The summed E-state index contributed by atoms with van der Waals surface area (Å²) in [6.07, 6.45) is 1.27. The Bertz CT molecular complexity index is 823.